The fraction of sp³-hybridized carbons (Fsp3) is 0.222. The monoisotopic (exact) mass is 513 g/mol. The third kappa shape index (κ3) is 6.25. The molecule has 38 heavy (non-hydrogen) atoms. The van der Waals surface area contributed by atoms with Gasteiger partial charge in [-0.3, -0.25) is 9.59 Å². The second-order valence-electron chi connectivity index (χ2n) is 8.69. The quantitative estimate of drug-likeness (QED) is 0.363. The van der Waals surface area contributed by atoms with E-state index in [-0.39, 0.29) is 17.8 Å². The molecular weight excluding hydrogens is 486 g/mol. The predicted octanol–water partition coefficient (Wildman–Crippen LogP) is 3.71. The Morgan fingerprint density at radius 2 is 1.76 bits per heavy atom. The summed E-state index contributed by atoms with van der Waals surface area (Å²) in [4.78, 5) is 32.5. The van der Waals surface area contributed by atoms with Crippen molar-refractivity contribution in [3.63, 3.8) is 0 Å². The van der Waals surface area contributed by atoms with Gasteiger partial charge in [-0.25, -0.2) is 4.98 Å². The summed E-state index contributed by atoms with van der Waals surface area (Å²) in [6, 6.07) is 20.9. The molecule has 194 valence electrons. The van der Waals surface area contributed by atoms with Gasteiger partial charge in [0.25, 0.3) is 0 Å². The van der Waals surface area contributed by atoms with Crippen molar-refractivity contribution in [3.8, 4) is 5.75 Å². The van der Waals surface area contributed by atoms with Crippen molar-refractivity contribution in [1.29, 1.82) is 0 Å². The number of hydrogen-bond donors (Lipinski definition) is 2. The molecule has 0 radical (unpaired) electrons. The van der Waals surface area contributed by atoms with E-state index in [1.165, 1.54) is 0 Å². The van der Waals surface area contributed by atoms with Gasteiger partial charge in [0, 0.05) is 44.9 Å². The van der Waals surface area contributed by atoms with E-state index >= 15 is 0 Å². The summed E-state index contributed by atoms with van der Waals surface area (Å²) in [7, 11) is 0. The number of rotatable bonds is 8. The molecule has 1 fully saturated rings. The van der Waals surface area contributed by atoms with Gasteiger partial charge in [0.1, 0.15) is 18.2 Å². The van der Waals surface area contributed by atoms with Gasteiger partial charge >= 0.3 is 17.8 Å². The number of amides is 2. The van der Waals surface area contributed by atoms with Crippen LogP contribution in [0, 0.1) is 0 Å². The summed E-state index contributed by atoms with van der Waals surface area (Å²) < 4.78 is 11.3. The maximum atomic E-state index is 12.6. The Morgan fingerprint density at radius 1 is 0.947 bits per heavy atom. The Balaban J connectivity index is 1.14. The minimum Gasteiger partial charge on any atom is -0.489 e. The Bertz CT molecular complexity index is 1380. The van der Waals surface area contributed by atoms with E-state index in [0.29, 0.717) is 49.9 Å². The van der Waals surface area contributed by atoms with Crippen molar-refractivity contribution in [1.82, 2.24) is 20.1 Å². The zero-order valence-corrected chi connectivity index (χ0v) is 20.8. The van der Waals surface area contributed by atoms with Crippen LogP contribution in [0.3, 0.4) is 0 Å². The van der Waals surface area contributed by atoms with Gasteiger partial charge in [0.15, 0.2) is 0 Å². The summed E-state index contributed by atoms with van der Waals surface area (Å²) >= 11 is 0. The molecule has 11 nitrogen and oxygen atoms in total. The molecule has 2 aromatic carbocycles. The van der Waals surface area contributed by atoms with E-state index in [9.17, 15) is 9.59 Å². The molecular formula is C27H27N7O4. The summed E-state index contributed by atoms with van der Waals surface area (Å²) in [5, 5.41) is 13.5. The highest BCUT2D eigenvalue weighted by molar-refractivity contribution is 6.00. The topological polar surface area (TPSA) is 126 Å². The minimum atomic E-state index is -0.546. The molecule has 2 N–H and O–H groups in total. The molecule has 4 aromatic rings. The second-order valence-corrected chi connectivity index (χ2v) is 8.69. The van der Waals surface area contributed by atoms with Crippen LogP contribution in [0.4, 0.5) is 23.2 Å². The SMILES string of the molecule is CC(=O)N1CCN(c2ccc(NC(=O)c3nnc(Nc4cccc(OCc5ccccc5)c4)o3)cn2)CC1. The number of nitrogens with one attached hydrogen (secondary N) is 2. The summed E-state index contributed by atoms with van der Waals surface area (Å²) in [5.74, 6) is 0.804. The van der Waals surface area contributed by atoms with E-state index in [1.54, 1.807) is 25.3 Å². The molecule has 0 bridgehead atoms. The normalized spacial score (nSPS) is 13.2. The average molecular weight is 514 g/mol. The number of carbonyl (C=O) groups is 2. The number of pyridine rings is 1. The molecule has 3 heterocycles. The number of aromatic nitrogens is 3. The highest BCUT2D eigenvalue weighted by Gasteiger charge is 2.20. The van der Waals surface area contributed by atoms with Gasteiger partial charge in [-0.1, -0.05) is 41.5 Å². The van der Waals surface area contributed by atoms with Crippen LogP contribution in [0.15, 0.2) is 77.3 Å². The maximum Gasteiger partial charge on any atom is 0.320 e. The average Bonchev–Trinajstić information content (AvgIpc) is 3.42. The molecule has 1 aliphatic heterocycles. The molecule has 2 amide bonds. The molecule has 0 unspecified atom stereocenters. The van der Waals surface area contributed by atoms with Crippen molar-refractivity contribution in [2.45, 2.75) is 13.5 Å². The smallest absolute Gasteiger partial charge is 0.320 e. The minimum absolute atomic E-state index is 0.0773. The first-order valence-corrected chi connectivity index (χ1v) is 12.2. The van der Waals surface area contributed by atoms with Crippen molar-refractivity contribution in [2.75, 3.05) is 41.7 Å². The van der Waals surface area contributed by atoms with Gasteiger partial charge in [0.05, 0.1) is 11.9 Å². The summed E-state index contributed by atoms with van der Waals surface area (Å²) in [6.45, 7) is 4.76. The predicted molar refractivity (Wildman–Crippen MR) is 141 cm³/mol. The van der Waals surface area contributed by atoms with E-state index in [2.05, 4.69) is 30.7 Å². The fourth-order valence-corrected chi connectivity index (χ4v) is 3.98. The van der Waals surface area contributed by atoms with E-state index in [0.717, 1.165) is 11.4 Å². The number of carbonyl (C=O) groups excluding carboxylic acids is 2. The standard InChI is InChI=1S/C27H27N7O4/c1-19(35)33-12-14-34(15-13-33)24-11-10-22(17-28-24)29-25(36)26-31-32-27(38-26)30-21-8-5-9-23(16-21)37-18-20-6-3-2-4-7-20/h2-11,16-17H,12-15,18H2,1H3,(H,29,36)(H,30,32). The van der Waals surface area contributed by atoms with Crippen LogP contribution >= 0.6 is 0 Å². The van der Waals surface area contributed by atoms with Gasteiger partial charge in [-0.15, -0.1) is 5.10 Å². The van der Waals surface area contributed by atoms with Crippen molar-refractivity contribution >= 4 is 35.0 Å². The molecule has 5 rings (SSSR count). The second kappa shape index (κ2) is 11.4. The van der Waals surface area contributed by atoms with Gasteiger partial charge in [-0.05, 0) is 29.8 Å². The van der Waals surface area contributed by atoms with Crippen molar-refractivity contribution in [3.05, 3.63) is 84.4 Å². The maximum absolute atomic E-state index is 12.6. The zero-order valence-electron chi connectivity index (χ0n) is 20.8. The number of ether oxygens (including phenoxy) is 1. The molecule has 0 spiro atoms. The molecule has 1 aliphatic rings. The molecule has 2 aromatic heterocycles. The Hall–Kier alpha value is -4.93. The van der Waals surface area contributed by atoms with Crippen LogP contribution in [0.5, 0.6) is 5.75 Å². The highest BCUT2D eigenvalue weighted by atomic mass is 16.5. The molecule has 0 saturated carbocycles. The lowest BCUT2D eigenvalue weighted by atomic mass is 10.2. The Kier molecular flexibility index (Phi) is 7.44. The van der Waals surface area contributed by atoms with Crippen LogP contribution in [-0.4, -0.2) is 58.1 Å². The van der Waals surface area contributed by atoms with Gasteiger partial charge in [0.2, 0.25) is 5.91 Å². The number of piperazine rings is 1. The first-order valence-electron chi connectivity index (χ1n) is 12.2. The third-order valence-corrected chi connectivity index (χ3v) is 6.01. The zero-order chi connectivity index (χ0) is 26.3. The number of hydrogen-bond acceptors (Lipinski definition) is 9. The molecule has 0 atom stereocenters. The van der Waals surface area contributed by atoms with E-state index in [1.807, 2.05) is 59.5 Å². The number of nitrogens with zero attached hydrogens (tertiary/aromatic N) is 5. The highest BCUT2D eigenvalue weighted by Crippen LogP contribution is 2.22. The first kappa shape index (κ1) is 24.8. The molecule has 0 aliphatic carbocycles. The molecule has 1 saturated heterocycles. The van der Waals surface area contributed by atoms with Crippen LogP contribution in [0.25, 0.3) is 0 Å². The molecule has 11 heteroatoms. The van der Waals surface area contributed by atoms with Gasteiger partial charge in [-0.2, -0.15) is 0 Å². The van der Waals surface area contributed by atoms with Gasteiger partial charge < -0.3 is 29.6 Å². The lowest BCUT2D eigenvalue weighted by Gasteiger charge is -2.34. The third-order valence-electron chi connectivity index (χ3n) is 6.01. The number of benzene rings is 2. The summed E-state index contributed by atoms with van der Waals surface area (Å²) in [5.41, 5.74) is 2.24. The van der Waals surface area contributed by atoms with Crippen LogP contribution < -0.4 is 20.3 Å². The largest absolute Gasteiger partial charge is 0.489 e. The van der Waals surface area contributed by atoms with Crippen LogP contribution in [0.2, 0.25) is 0 Å². The van der Waals surface area contributed by atoms with E-state index < -0.39 is 5.91 Å². The van der Waals surface area contributed by atoms with Crippen LogP contribution in [-0.2, 0) is 11.4 Å². The summed E-state index contributed by atoms with van der Waals surface area (Å²) in [6.07, 6.45) is 1.57. The lowest BCUT2D eigenvalue weighted by Crippen LogP contribution is -2.48. The first-order chi connectivity index (χ1) is 18.5. The van der Waals surface area contributed by atoms with Crippen LogP contribution in [0.1, 0.15) is 23.2 Å². The Labute approximate surface area is 219 Å². The fourth-order valence-electron chi connectivity index (χ4n) is 3.98. The Morgan fingerprint density at radius 3 is 2.50 bits per heavy atom. The van der Waals surface area contributed by atoms with Crippen molar-refractivity contribution < 1.29 is 18.7 Å². The van der Waals surface area contributed by atoms with Crippen molar-refractivity contribution in [2.24, 2.45) is 0 Å². The lowest BCUT2D eigenvalue weighted by molar-refractivity contribution is -0.129. The van der Waals surface area contributed by atoms with E-state index in [4.69, 9.17) is 9.15 Å². The number of anilines is 4.